The van der Waals surface area contributed by atoms with E-state index in [-0.39, 0.29) is 0 Å². The molecule has 0 amide bonds. The molecule has 1 atom stereocenters. The molecule has 19 heavy (non-hydrogen) atoms. The summed E-state index contributed by atoms with van der Waals surface area (Å²) in [7, 11) is 3.82. The Morgan fingerprint density at radius 3 is 2.68 bits per heavy atom. The maximum atomic E-state index is 5.33. The van der Waals surface area contributed by atoms with Gasteiger partial charge in [0.1, 0.15) is 5.75 Å². The fourth-order valence-electron chi connectivity index (χ4n) is 3.11. The predicted octanol–water partition coefficient (Wildman–Crippen LogP) is 4.17. The van der Waals surface area contributed by atoms with Crippen LogP contribution < -0.4 is 10.1 Å². The van der Waals surface area contributed by atoms with Gasteiger partial charge in [-0.05, 0) is 56.0 Å². The van der Waals surface area contributed by atoms with Crippen LogP contribution in [0, 0.1) is 5.92 Å². The first-order valence-corrected chi connectivity index (χ1v) is 8.03. The highest BCUT2D eigenvalue weighted by Gasteiger charge is 2.23. The Morgan fingerprint density at radius 1 is 1.32 bits per heavy atom. The molecule has 1 unspecified atom stereocenters. The normalized spacial score (nSPS) is 18.3. The third kappa shape index (κ3) is 3.96. The average molecular weight is 326 g/mol. The van der Waals surface area contributed by atoms with Crippen LogP contribution in [0.1, 0.15) is 37.7 Å². The van der Waals surface area contributed by atoms with E-state index in [2.05, 4.69) is 40.4 Å². The van der Waals surface area contributed by atoms with Gasteiger partial charge in [0, 0.05) is 10.5 Å². The van der Waals surface area contributed by atoms with E-state index < -0.39 is 0 Å². The number of ether oxygens (including phenoxy) is 1. The standard InChI is InChI=1S/C16H24BrNO/c1-18-16(12-6-4-3-5-7-12)11-13-10-14(19-2)8-9-15(13)17/h8-10,12,16,18H,3-7,11H2,1-2H3. The molecule has 0 saturated heterocycles. The zero-order chi connectivity index (χ0) is 13.7. The van der Waals surface area contributed by atoms with Gasteiger partial charge in [-0.25, -0.2) is 0 Å². The predicted molar refractivity (Wildman–Crippen MR) is 83.8 cm³/mol. The molecule has 1 aromatic rings. The lowest BCUT2D eigenvalue weighted by Crippen LogP contribution is -2.36. The smallest absolute Gasteiger partial charge is 0.119 e. The molecule has 3 heteroatoms. The summed E-state index contributed by atoms with van der Waals surface area (Å²) < 4.78 is 6.51. The lowest BCUT2D eigenvalue weighted by Gasteiger charge is -2.30. The lowest BCUT2D eigenvalue weighted by molar-refractivity contribution is 0.276. The molecule has 1 N–H and O–H groups in total. The van der Waals surface area contributed by atoms with Gasteiger partial charge in [0.05, 0.1) is 7.11 Å². The van der Waals surface area contributed by atoms with Crippen molar-refractivity contribution in [3.05, 3.63) is 28.2 Å². The second kappa shape index (κ2) is 7.30. The Bertz CT molecular complexity index is 402. The van der Waals surface area contributed by atoms with Gasteiger partial charge in [0.2, 0.25) is 0 Å². The second-order valence-corrected chi connectivity index (χ2v) is 6.31. The highest BCUT2D eigenvalue weighted by Crippen LogP contribution is 2.30. The number of benzene rings is 1. The van der Waals surface area contributed by atoms with Crippen LogP contribution in [0.3, 0.4) is 0 Å². The molecule has 0 heterocycles. The molecular formula is C16H24BrNO. The van der Waals surface area contributed by atoms with E-state index in [1.807, 2.05) is 6.07 Å². The van der Waals surface area contributed by atoms with Gasteiger partial charge in [-0.2, -0.15) is 0 Å². The molecule has 0 aromatic heterocycles. The Hall–Kier alpha value is -0.540. The third-order valence-electron chi connectivity index (χ3n) is 4.28. The van der Waals surface area contributed by atoms with Gasteiger partial charge < -0.3 is 10.1 Å². The van der Waals surface area contributed by atoms with Crippen LogP contribution in [-0.4, -0.2) is 20.2 Å². The second-order valence-electron chi connectivity index (χ2n) is 5.45. The molecule has 1 fully saturated rings. The van der Waals surface area contributed by atoms with Gasteiger partial charge in [0.15, 0.2) is 0 Å². The van der Waals surface area contributed by atoms with Crippen LogP contribution in [0.15, 0.2) is 22.7 Å². The molecule has 2 nitrogen and oxygen atoms in total. The summed E-state index contributed by atoms with van der Waals surface area (Å²) in [5.74, 6) is 1.76. The number of hydrogen-bond donors (Lipinski definition) is 1. The summed E-state index contributed by atoms with van der Waals surface area (Å²) in [6.45, 7) is 0. The quantitative estimate of drug-likeness (QED) is 0.877. The van der Waals surface area contributed by atoms with Crippen molar-refractivity contribution in [2.75, 3.05) is 14.2 Å². The highest BCUT2D eigenvalue weighted by atomic mass is 79.9. The molecule has 0 bridgehead atoms. The molecule has 1 aromatic carbocycles. The average Bonchev–Trinajstić information content (AvgIpc) is 2.47. The Labute approximate surface area is 125 Å². The third-order valence-corrected chi connectivity index (χ3v) is 5.06. The van der Waals surface area contributed by atoms with Crippen molar-refractivity contribution >= 4 is 15.9 Å². The summed E-state index contributed by atoms with van der Waals surface area (Å²) >= 11 is 3.66. The first-order chi connectivity index (χ1) is 9.24. The van der Waals surface area contributed by atoms with Crippen molar-refractivity contribution in [1.82, 2.24) is 5.32 Å². The van der Waals surface area contributed by atoms with E-state index in [4.69, 9.17) is 4.74 Å². The molecule has 2 rings (SSSR count). The Kier molecular flexibility index (Phi) is 5.71. The van der Waals surface area contributed by atoms with Crippen LogP contribution in [0.2, 0.25) is 0 Å². The van der Waals surface area contributed by atoms with Crippen LogP contribution in [0.5, 0.6) is 5.75 Å². The van der Waals surface area contributed by atoms with Gasteiger partial charge in [-0.3, -0.25) is 0 Å². The molecule has 0 radical (unpaired) electrons. The summed E-state index contributed by atoms with van der Waals surface area (Å²) in [5.41, 5.74) is 1.34. The molecule has 0 aliphatic heterocycles. The van der Waals surface area contributed by atoms with Gasteiger partial charge in [0.25, 0.3) is 0 Å². The van der Waals surface area contributed by atoms with Gasteiger partial charge in [-0.1, -0.05) is 35.2 Å². The molecular weight excluding hydrogens is 302 g/mol. The van der Waals surface area contributed by atoms with E-state index in [1.165, 1.54) is 42.1 Å². The van der Waals surface area contributed by atoms with Crippen LogP contribution in [-0.2, 0) is 6.42 Å². The monoisotopic (exact) mass is 325 g/mol. The van der Waals surface area contributed by atoms with E-state index in [1.54, 1.807) is 7.11 Å². The Morgan fingerprint density at radius 2 is 2.05 bits per heavy atom. The van der Waals surface area contributed by atoms with Crippen LogP contribution in [0.4, 0.5) is 0 Å². The number of hydrogen-bond acceptors (Lipinski definition) is 2. The number of nitrogens with one attached hydrogen (secondary N) is 1. The van der Waals surface area contributed by atoms with Crippen LogP contribution >= 0.6 is 15.9 Å². The summed E-state index contributed by atoms with van der Waals surface area (Å²) in [6, 6.07) is 6.81. The SMILES string of the molecule is CNC(Cc1cc(OC)ccc1Br)C1CCCCC1. The lowest BCUT2D eigenvalue weighted by atomic mass is 9.81. The van der Waals surface area contributed by atoms with E-state index in [0.29, 0.717) is 6.04 Å². The van der Waals surface area contributed by atoms with Gasteiger partial charge in [-0.15, -0.1) is 0 Å². The highest BCUT2D eigenvalue weighted by molar-refractivity contribution is 9.10. The van der Waals surface area contributed by atoms with Crippen molar-refractivity contribution in [3.8, 4) is 5.75 Å². The Balaban J connectivity index is 2.08. The van der Waals surface area contributed by atoms with E-state index in [9.17, 15) is 0 Å². The van der Waals surface area contributed by atoms with Crippen molar-refractivity contribution in [3.63, 3.8) is 0 Å². The molecule has 1 aliphatic rings. The zero-order valence-corrected chi connectivity index (χ0v) is 13.5. The number of methoxy groups -OCH3 is 1. The van der Waals surface area contributed by atoms with Gasteiger partial charge >= 0.3 is 0 Å². The van der Waals surface area contributed by atoms with E-state index in [0.717, 1.165) is 18.1 Å². The number of halogens is 1. The van der Waals surface area contributed by atoms with Crippen molar-refractivity contribution < 1.29 is 4.74 Å². The minimum absolute atomic E-state index is 0.573. The topological polar surface area (TPSA) is 21.3 Å². The summed E-state index contributed by atoms with van der Waals surface area (Å²) in [6.07, 6.45) is 8.00. The number of rotatable bonds is 5. The fourth-order valence-corrected chi connectivity index (χ4v) is 3.52. The first kappa shape index (κ1) is 14.9. The van der Waals surface area contributed by atoms with Crippen LogP contribution in [0.25, 0.3) is 0 Å². The molecule has 0 spiro atoms. The summed E-state index contributed by atoms with van der Waals surface area (Å²) in [4.78, 5) is 0. The van der Waals surface area contributed by atoms with Crippen molar-refractivity contribution in [2.24, 2.45) is 5.92 Å². The maximum absolute atomic E-state index is 5.33. The minimum atomic E-state index is 0.573. The first-order valence-electron chi connectivity index (χ1n) is 7.24. The van der Waals surface area contributed by atoms with Crippen molar-refractivity contribution in [1.29, 1.82) is 0 Å². The van der Waals surface area contributed by atoms with E-state index >= 15 is 0 Å². The zero-order valence-electron chi connectivity index (χ0n) is 11.9. The largest absolute Gasteiger partial charge is 0.497 e. The fraction of sp³-hybridized carbons (Fsp3) is 0.625. The maximum Gasteiger partial charge on any atom is 0.119 e. The minimum Gasteiger partial charge on any atom is -0.497 e. The molecule has 106 valence electrons. The van der Waals surface area contributed by atoms with Crippen molar-refractivity contribution in [2.45, 2.75) is 44.6 Å². The molecule has 1 aliphatic carbocycles. The number of likely N-dealkylation sites (N-methyl/N-ethyl adjacent to an activating group) is 1. The molecule has 1 saturated carbocycles. The summed E-state index contributed by atoms with van der Waals surface area (Å²) in [5, 5.41) is 3.52.